The summed E-state index contributed by atoms with van der Waals surface area (Å²) in [5, 5.41) is 10.9. The third-order valence-electron chi connectivity index (χ3n) is 5.33. The Balaban J connectivity index is 1.87. The number of benzene rings is 2. The van der Waals surface area contributed by atoms with E-state index in [1.54, 1.807) is 0 Å². The SMILES string of the molecule is CC(C)(C)c1cc(C(=O)Cn2cc[n+](Cc3ccccc3)c2)cc(C(C)(C)C)c1O. The van der Waals surface area contributed by atoms with Gasteiger partial charge in [0.2, 0.25) is 12.1 Å². The van der Waals surface area contributed by atoms with Crippen molar-refractivity contribution in [1.82, 2.24) is 4.57 Å². The Morgan fingerprint density at radius 1 is 0.967 bits per heavy atom. The molecule has 0 saturated heterocycles. The molecule has 158 valence electrons. The van der Waals surface area contributed by atoms with Crippen molar-refractivity contribution in [2.75, 3.05) is 0 Å². The molecule has 30 heavy (non-hydrogen) atoms. The van der Waals surface area contributed by atoms with Crippen LogP contribution in [0.1, 0.15) is 68.6 Å². The number of aromatic hydroxyl groups is 1. The van der Waals surface area contributed by atoms with Gasteiger partial charge in [-0.2, -0.15) is 0 Å². The minimum absolute atomic E-state index is 0.0356. The van der Waals surface area contributed by atoms with Crippen LogP contribution in [0.4, 0.5) is 0 Å². The predicted octanol–water partition coefficient (Wildman–Crippen LogP) is 5.01. The number of phenols is 1. The third kappa shape index (κ3) is 4.99. The number of carbonyl (C=O) groups is 1. The van der Waals surface area contributed by atoms with E-state index in [9.17, 15) is 9.90 Å². The molecule has 0 unspecified atom stereocenters. The largest absolute Gasteiger partial charge is 0.507 e. The fourth-order valence-electron chi connectivity index (χ4n) is 3.62. The molecule has 1 N–H and O–H groups in total. The molecule has 0 bridgehead atoms. The molecule has 1 aromatic heterocycles. The van der Waals surface area contributed by atoms with E-state index in [1.165, 1.54) is 5.56 Å². The van der Waals surface area contributed by atoms with Gasteiger partial charge in [0.25, 0.3) is 0 Å². The van der Waals surface area contributed by atoms with E-state index in [-0.39, 0.29) is 23.2 Å². The zero-order valence-electron chi connectivity index (χ0n) is 18.9. The highest BCUT2D eigenvalue weighted by Crippen LogP contribution is 2.39. The molecule has 2 aromatic carbocycles. The maximum absolute atomic E-state index is 13.1. The van der Waals surface area contributed by atoms with Crippen LogP contribution in [0.25, 0.3) is 0 Å². The van der Waals surface area contributed by atoms with Gasteiger partial charge in [-0.05, 0) is 28.5 Å². The van der Waals surface area contributed by atoms with Crippen molar-refractivity contribution in [3.63, 3.8) is 0 Å². The van der Waals surface area contributed by atoms with E-state index in [0.717, 1.165) is 17.7 Å². The van der Waals surface area contributed by atoms with Crippen LogP contribution in [0, 0.1) is 0 Å². The molecule has 0 saturated carbocycles. The molecule has 4 nitrogen and oxygen atoms in total. The van der Waals surface area contributed by atoms with Crippen LogP contribution >= 0.6 is 0 Å². The summed E-state index contributed by atoms with van der Waals surface area (Å²) in [7, 11) is 0. The van der Waals surface area contributed by atoms with E-state index in [2.05, 4.69) is 58.2 Å². The van der Waals surface area contributed by atoms with Crippen LogP contribution in [0.15, 0.2) is 61.2 Å². The molecular formula is C26H33N2O2+. The van der Waals surface area contributed by atoms with Gasteiger partial charge in [-0.1, -0.05) is 71.9 Å². The highest BCUT2D eigenvalue weighted by atomic mass is 16.3. The first-order valence-corrected chi connectivity index (χ1v) is 10.4. The zero-order valence-corrected chi connectivity index (χ0v) is 18.9. The summed E-state index contributed by atoms with van der Waals surface area (Å²) in [6, 6.07) is 14.0. The van der Waals surface area contributed by atoms with E-state index in [0.29, 0.717) is 11.3 Å². The van der Waals surface area contributed by atoms with Gasteiger partial charge >= 0.3 is 0 Å². The standard InChI is InChI=1S/C26H32N2O2/c1-25(2,3)21-14-20(15-22(24(21)30)26(4,5)6)23(29)17-28-13-12-27(18-28)16-19-10-8-7-9-11-19/h7-15,18H,16-17H2,1-6H3/p+1. The van der Waals surface area contributed by atoms with Gasteiger partial charge in [-0.3, -0.25) is 4.79 Å². The Labute approximate surface area is 179 Å². The van der Waals surface area contributed by atoms with Gasteiger partial charge in [0, 0.05) is 16.7 Å². The van der Waals surface area contributed by atoms with Crippen LogP contribution in [0.2, 0.25) is 0 Å². The monoisotopic (exact) mass is 405 g/mol. The summed E-state index contributed by atoms with van der Waals surface area (Å²) in [5.41, 5.74) is 2.97. The number of carbonyl (C=O) groups excluding carboxylic acids is 1. The van der Waals surface area contributed by atoms with E-state index in [1.807, 2.05) is 53.6 Å². The number of hydrogen-bond donors (Lipinski definition) is 1. The van der Waals surface area contributed by atoms with Gasteiger partial charge in [-0.15, -0.1) is 0 Å². The fraction of sp³-hybridized carbons (Fsp3) is 0.385. The minimum Gasteiger partial charge on any atom is -0.507 e. The Morgan fingerprint density at radius 3 is 2.07 bits per heavy atom. The fourth-order valence-corrected chi connectivity index (χ4v) is 3.62. The van der Waals surface area contributed by atoms with Crippen molar-refractivity contribution < 1.29 is 14.5 Å². The van der Waals surface area contributed by atoms with Crippen molar-refractivity contribution in [1.29, 1.82) is 0 Å². The highest BCUT2D eigenvalue weighted by molar-refractivity contribution is 5.96. The van der Waals surface area contributed by atoms with Crippen LogP contribution in [-0.4, -0.2) is 15.5 Å². The number of hydrogen-bond acceptors (Lipinski definition) is 2. The first-order chi connectivity index (χ1) is 13.9. The van der Waals surface area contributed by atoms with E-state index >= 15 is 0 Å². The van der Waals surface area contributed by atoms with E-state index in [4.69, 9.17) is 0 Å². The van der Waals surface area contributed by atoms with Crippen LogP contribution < -0.4 is 4.57 Å². The Kier molecular flexibility index (Phi) is 5.89. The second kappa shape index (κ2) is 8.10. The minimum atomic E-state index is -0.257. The van der Waals surface area contributed by atoms with Gasteiger partial charge < -0.3 is 5.11 Å². The van der Waals surface area contributed by atoms with Gasteiger partial charge in [0.15, 0.2) is 6.54 Å². The lowest BCUT2D eigenvalue weighted by Gasteiger charge is -2.28. The third-order valence-corrected chi connectivity index (χ3v) is 5.33. The first kappa shape index (κ1) is 21.8. The molecule has 3 rings (SSSR count). The molecule has 4 heteroatoms. The number of phenolic OH excluding ortho intramolecular Hbond substituents is 1. The lowest BCUT2D eigenvalue weighted by atomic mass is 9.78. The molecule has 1 heterocycles. The normalized spacial score (nSPS) is 12.2. The van der Waals surface area contributed by atoms with E-state index < -0.39 is 0 Å². The van der Waals surface area contributed by atoms with Crippen molar-refractivity contribution in [3.05, 3.63) is 83.4 Å². The molecule has 0 spiro atoms. The maximum Gasteiger partial charge on any atom is 0.244 e. The second-order valence-electron chi connectivity index (χ2n) is 10.1. The quantitative estimate of drug-likeness (QED) is 0.479. The molecule has 0 aliphatic rings. The first-order valence-electron chi connectivity index (χ1n) is 10.4. The Hall–Kier alpha value is -2.88. The van der Waals surface area contributed by atoms with Crippen LogP contribution in [0.5, 0.6) is 5.75 Å². The Bertz CT molecular complexity index is 1000. The zero-order chi connectivity index (χ0) is 22.1. The lowest BCUT2D eigenvalue weighted by Crippen LogP contribution is -2.31. The molecule has 0 aliphatic heterocycles. The van der Waals surface area contributed by atoms with Crippen molar-refractivity contribution >= 4 is 5.78 Å². The lowest BCUT2D eigenvalue weighted by molar-refractivity contribution is -0.687. The molecule has 0 aliphatic carbocycles. The summed E-state index contributed by atoms with van der Waals surface area (Å²) >= 11 is 0. The smallest absolute Gasteiger partial charge is 0.244 e. The molecule has 0 radical (unpaired) electrons. The number of Topliss-reactive ketones (excluding diaryl/α,β-unsaturated/α-hetero) is 1. The summed E-state index contributed by atoms with van der Waals surface area (Å²) in [5.74, 6) is 0.335. The molecule has 0 fully saturated rings. The average molecular weight is 406 g/mol. The number of ketones is 1. The number of imidazole rings is 1. The molecule has 3 aromatic rings. The van der Waals surface area contributed by atoms with Crippen molar-refractivity contribution in [2.24, 2.45) is 0 Å². The van der Waals surface area contributed by atoms with Gasteiger partial charge in [-0.25, -0.2) is 9.13 Å². The summed E-state index contributed by atoms with van der Waals surface area (Å²) in [6.45, 7) is 13.4. The number of nitrogens with zero attached hydrogens (tertiary/aromatic N) is 2. The van der Waals surface area contributed by atoms with Crippen molar-refractivity contribution in [3.8, 4) is 5.75 Å². The predicted molar refractivity (Wildman–Crippen MR) is 120 cm³/mol. The Morgan fingerprint density at radius 2 is 1.53 bits per heavy atom. The highest BCUT2D eigenvalue weighted by Gasteiger charge is 2.28. The summed E-state index contributed by atoms with van der Waals surface area (Å²) in [6.07, 6.45) is 5.87. The average Bonchev–Trinajstić information content (AvgIpc) is 3.07. The second-order valence-corrected chi connectivity index (χ2v) is 10.1. The van der Waals surface area contributed by atoms with Gasteiger partial charge in [0.1, 0.15) is 24.7 Å². The van der Waals surface area contributed by atoms with Crippen LogP contribution in [-0.2, 0) is 23.9 Å². The number of aromatic nitrogens is 2. The number of rotatable bonds is 5. The molecular weight excluding hydrogens is 372 g/mol. The van der Waals surface area contributed by atoms with Gasteiger partial charge in [0.05, 0.1) is 0 Å². The van der Waals surface area contributed by atoms with Crippen LogP contribution in [0.3, 0.4) is 0 Å². The molecule has 0 amide bonds. The topological polar surface area (TPSA) is 46.1 Å². The van der Waals surface area contributed by atoms with Crippen molar-refractivity contribution in [2.45, 2.75) is 65.5 Å². The summed E-state index contributed by atoms with van der Waals surface area (Å²) < 4.78 is 3.98. The molecule has 0 atom stereocenters. The maximum atomic E-state index is 13.1. The summed E-state index contributed by atoms with van der Waals surface area (Å²) in [4.78, 5) is 13.1.